The van der Waals surface area contributed by atoms with Gasteiger partial charge >= 0.3 is 0 Å². The lowest BCUT2D eigenvalue weighted by Gasteiger charge is -2.45. The van der Waals surface area contributed by atoms with E-state index in [4.69, 9.17) is 5.73 Å². The van der Waals surface area contributed by atoms with Gasteiger partial charge in [-0.2, -0.15) is 0 Å². The van der Waals surface area contributed by atoms with Crippen molar-refractivity contribution in [3.05, 3.63) is 0 Å². The first-order chi connectivity index (χ1) is 9.32. The second kappa shape index (κ2) is 7.41. The molecule has 0 spiro atoms. The summed E-state index contributed by atoms with van der Waals surface area (Å²) in [5.41, 5.74) is 5.23. The topological polar surface area (TPSA) is 58.4 Å². The smallest absolute Gasteiger partial charge is 0.237 e. The normalized spacial score (nSPS) is 27.5. The van der Waals surface area contributed by atoms with Gasteiger partial charge in [0.1, 0.15) is 0 Å². The molecule has 20 heavy (non-hydrogen) atoms. The number of nitrogens with one attached hydrogen (secondary N) is 1. The molecule has 4 heteroatoms. The summed E-state index contributed by atoms with van der Waals surface area (Å²) in [6.07, 6.45) is 5.11. The summed E-state index contributed by atoms with van der Waals surface area (Å²) in [5, 5.41) is 3.46. The van der Waals surface area contributed by atoms with Gasteiger partial charge in [-0.25, -0.2) is 0 Å². The van der Waals surface area contributed by atoms with Gasteiger partial charge in [-0.05, 0) is 66.3 Å². The van der Waals surface area contributed by atoms with Gasteiger partial charge in [-0.3, -0.25) is 9.69 Å². The highest BCUT2D eigenvalue weighted by molar-refractivity contribution is 5.85. The Morgan fingerprint density at radius 2 is 2.05 bits per heavy atom. The van der Waals surface area contributed by atoms with E-state index in [9.17, 15) is 4.79 Å². The van der Waals surface area contributed by atoms with Crippen molar-refractivity contribution in [1.82, 2.24) is 10.2 Å². The molecule has 0 radical (unpaired) electrons. The van der Waals surface area contributed by atoms with Crippen LogP contribution in [0.15, 0.2) is 0 Å². The lowest BCUT2D eigenvalue weighted by Crippen LogP contribution is -2.62. The number of carbonyl (C=O) groups excluding carboxylic acids is 1. The third kappa shape index (κ3) is 4.19. The number of hydrogen-bond acceptors (Lipinski definition) is 3. The number of rotatable bonds is 7. The van der Waals surface area contributed by atoms with E-state index in [1.807, 2.05) is 0 Å². The van der Waals surface area contributed by atoms with Crippen LogP contribution >= 0.6 is 0 Å². The minimum absolute atomic E-state index is 0.184. The molecule has 118 valence electrons. The molecule has 1 fully saturated rings. The Morgan fingerprint density at radius 1 is 1.40 bits per heavy atom. The van der Waals surface area contributed by atoms with Crippen LogP contribution in [0.1, 0.15) is 66.7 Å². The Morgan fingerprint density at radius 3 is 2.50 bits per heavy atom. The fourth-order valence-electron chi connectivity index (χ4n) is 3.63. The molecule has 0 aromatic heterocycles. The zero-order valence-electron chi connectivity index (χ0n) is 13.9. The van der Waals surface area contributed by atoms with Crippen molar-refractivity contribution in [2.24, 2.45) is 5.73 Å². The largest absolute Gasteiger partial charge is 0.368 e. The van der Waals surface area contributed by atoms with Crippen molar-refractivity contribution in [2.45, 2.75) is 90.4 Å². The van der Waals surface area contributed by atoms with Crippen molar-refractivity contribution in [1.29, 1.82) is 0 Å². The Kier molecular flexibility index (Phi) is 6.46. The molecule has 1 rings (SSSR count). The number of amides is 1. The monoisotopic (exact) mass is 283 g/mol. The lowest BCUT2D eigenvalue weighted by atomic mass is 9.77. The van der Waals surface area contributed by atoms with Gasteiger partial charge in [0.2, 0.25) is 5.91 Å². The van der Waals surface area contributed by atoms with E-state index in [0.29, 0.717) is 12.1 Å². The van der Waals surface area contributed by atoms with Gasteiger partial charge < -0.3 is 11.1 Å². The average molecular weight is 283 g/mol. The number of primary amides is 1. The molecule has 1 saturated carbocycles. The molecule has 0 saturated heterocycles. The zero-order chi connectivity index (χ0) is 15.3. The first-order valence-corrected chi connectivity index (χ1v) is 8.15. The van der Waals surface area contributed by atoms with E-state index < -0.39 is 5.54 Å². The van der Waals surface area contributed by atoms with Crippen molar-refractivity contribution < 1.29 is 4.79 Å². The van der Waals surface area contributed by atoms with Crippen LogP contribution in [0, 0.1) is 0 Å². The van der Waals surface area contributed by atoms with Gasteiger partial charge in [-0.1, -0.05) is 6.92 Å². The Bertz CT molecular complexity index is 317. The van der Waals surface area contributed by atoms with Gasteiger partial charge in [0.15, 0.2) is 0 Å². The molecule has 4 nitrogen and oxygen atoms in total. The zero-order valence-corrected chi connectivity index (χ0v) is 13.9. The minimum atomic E-state index is -0.516. The highest BCUT2D eigenvalue weighted by Crippen LogP contribution is 2.32. The highest BCUT2D eigenvalue weighted by atomic mass is 16.1. The number of nitrogens with two attached hydrogens (primary N) is 1. The van der Waals surface area contributed by atoms with Crippen molar-refractivity contribution in [2.75, 3.05) is 6.54 Å². The molecule has 3 N–H and O–H groups in total. The third-order valence-corrected chi connectivity index (χ3v) is 4.38. The summed E-state index contributed by atoms with van der Waals surface area (Å²) in [7, 11) is 0. The van der Waals surface area contributed by atoms with E-state index >= 15 is 0 Å². The quantitative estimate of drug-likeness (QED) is 0.753. The SMILES string of the molecule is CCCN(C(C)C)C1CCCC(NC(C)C)(C(N)=O)C1. The second-order valence-electron chi connectivity index (χ2n) is 6.83. The van der Waals surface area contributed by atoms with Crippen molar-refractivity contribution in [3.8, 4) is 0 Å². The summed E-state index contributed by atoms with van der Waals surface area (Å²) >= 11 is 0. The van der Waals surface area contributed by atoms with Gasteiger partial charge in [0.05, 0.1) is 5.54 Å². The molecule has 0 aromatic rings. The van der Waals surface area contributed by atoms with E-state index in [1.54, 1.807) is 0 Å². The van der Waals surface area contributed by atoms with Gasteiger partial charge in [0, 0.05) is 18.1 Å². The van der Waals surface area contributed by atoms with Crippen LogP contribution in [-0.2, 0) is 4.79 Å². The number of hydrogen-bond donors (Lipinski definition) is 2. The molecule has 0 aromatic carbocycles. The molecule has 0 bridgehead atoms. The second-order valence-corrected chi connectivity index (χ2v) is 6.83. The molecule has 0 aliphatic heterocycles. The van der Waals surface area contributed by atoms with Crippen LogP contribution in [0.25, 0.3) is 0 Å². The fraction of sp³-hybridized carbons (Fsp3) is 0.938. The molecule has 1 amide bonds. The minimum Gasteiger partial charge on any atom is -0.368 e. The molecular formula is C16H33N3O. The number of carbonyl (C=O) groups is 1. The average Bonchev–Trinajstić information content (AvgIpc) is 2.34. The third-order valence-electron chi connectivity index (χ3n) is 4.38. The number of nitrogens with zero attached hydrogens (tertiary/aromatic N) is 1. The predicted octanol–water partition coefficient (Wildman–Crippen LogP) is 2.27. The molecule has 2 unspecified atom stereocenters. The maximum absolute atomic E-state index is 12.0. The molecule has 0 heterocycles. The Hall–Kier alpha value is -0.610. The fourth-order valence-corrected chi connectivity index (χ4v) is 3.63. The standard InChI is InChI=1S/C16H33N3O/c1-6-10-19(13(4)5)14-8-7-9-16(11-14,15(17)20)18-12(2)3/h12-14,18H,6-11H2,1-5H3,(H2,17,20). The van der Waals surface area contributed by atoms with Crippen LogP contribution in [0.2, 0.25) is 0 Å². The summed E-state index contributed by atoms with van der Waals surface area (Å²) < 4.78 is 0. The first-order valence-electron chi connectivity index (χ1n) is 8.15. The van der Waals surface area contributed by atoms with E-state index in [0.717, 1.165) is 32.2 Å². The maximum Gasteiger partial charge on any atom is 0.237 e. The first kappa shape index (κ1) is 17.4. The van der Waals surface area contributed by atoms with Crippen LogP contribution < -0.4 is 11.1 Å². The Balaban J connectivity index is 2.88. The van der Waals surface area contributed by atoms with Crippen LogP contribution in [0.3, 0.4) is 0 Å². The lowest BCUT2D eigenvalue weighted by molar-refractivity contribution is -0.127. The van der Waals surface area contributed by atoms with Crippen molar-refractivity contribution >= 4 is 5.91 Å². The summed E-state index contributed by atoms with van der Waals surface area (Å²) in [6.45, 7) is 12.0. The van der Waals surface area contributed by atoms with E-state index in [1.165, 1.54) is 6.42 Å². The summed E-state index contributed by atoms with van der Waals surface area (Å²) in [5.74, 6) is -0.184. The van der Waals surface area contributed by atoms with Crippen molar-refractivity contribution in [3.63, 3.8) is 0 Å². The summed E-state index contributed by atoms with van der Waals surface area (Å²) in [6, 6.07) is 1.25. The van der Waals surface area contributed by atoms with Crippen LogP contribution in [0.4, 0.5) is 0 Å². The van der Waals surface area contributed by atoms with Crippen LogP contribution in [-0.4, -0.2) is 41.0 Å². The molecular weight excluding hydrogens is 250 g/mol. The molecule has 1 aliphatic carbocycles. The maximum atomic E-state index is 12.0. The molecule has 2 atom stereocenters. The predicted molar refractivity (Wildman–Crippen MR) is 84.6 cm³/mol. The molecule has 1 aliphatic rings. The van der Waals surface area contributed by atoms with Gasteiger partial charge in [-0.15, -0.1) is 0 Å². The highest BCUT2D eigenvalue weighted by Gasteiger charge is 2.43. The van der Waals surface area contributed by atoms with E-state index in [2.05, 4.69) is 44.8 Å². The van der Waals surface area contributed by atoms with E-state index in [-0.39, 0.29) is 11.9 Å². The summed E-state index contributed by atoms with van der Waals surface area (Å²) in [4.78, 5) is 14.6. The van der Waals surface area contributed by atoms with Crippen LogP contribution in [0.5, 0.6) is 0 Å². The Labute approximate surface area is 124 Å². The van der Waals surface area contributed by atoms with Gasteiger partial charge in [0.25, 0.3) is 0 Å².